The maximum absolute atomic E-state index is 12.9. The topological polar surface area (TPSA) is 0 Å². The Labute approximate surface area is 66.1 Å². The Morgan fingerprint density at radius 1 is 1.18 bits per heavy atom. The summed E-state index contributed by atoms with van der Waals surface area (Å²) in [4.78, 5) is 0. The lowest BCUT2D eigenvalue weighted by molar-refractivity contribution is 0.301. The van der Waals surface area contributed by atoms with Gasteiger partial charge in [-0.2, -0.15) is 0 Å². The molecule has 0 saturated carbocycles. The Bertz CT molecular complexity index is 255. The quantitative estimate of drug-likeness (QED) is 0.533. The zero-order valence-electron chi connectivity index (χ0n) is 6.39. The van der Waals surface area contributed by atoms with E-state index in [0.717, 1.165) is 6.42 Å². The average molecular weight is 150 g/mol. The number of alkyl halides is 1. The summed E-state index contributed by atoms with van der Waals surface area (Å²) in [6.07, 6.45) is 1.63. The monoisotopic (exact) mass is 150 g/mol. The summed E-state index contributed by atoms with van der Waals surface area (Å²) in [7, 11) is 0. The fourth-order valence-corrected chi connectivity index (χ4v) is 1.65. The Morgan fingerprint density at radius 3 is 2.73 bits per heavy atom. The van der Waals surface area contributed by atoms with Crippen molar-refractivity contribution in [2.24, 2.45) is 0 Å². The van der Waals surface area contributed by atoms with E-state index in [4.69, 9.17) is 0 Å². The maximum Gasteiger partial charge on any atom is 0.104 e. The van der Waals surface area contributed by atoms with Crippen molar-refractivity contribution in [3.8, 4) is 0 Å². The molecule has 0 aromatic heterocycles. The summed E-state index contributed by atoms with van der Waals surface area (Å²) in [6, 6.07) is 8.14. The van der Waals surface area contributed by atoms with Gasteiger partial charge in [-0.05, 0) is 24.0 Å². The van der Waals surface area contributed by atoms with Crippen LogP contribution in [-0.2, 0) is 12.8 Å². The van der Waals surface area contributed by atoms with E-state index in [1.807, 2.05) is 18.2 Å². The molecule has 1 atom stereocenters. The minimum absolute atomic E-state index is 0.607. The first-order valence-electron chi connectivity index (χ1n) is 4.07. The van der Waals surface area contributed by atoms with Gasteiger partial charge in [0.25, 0.3) is 0 Å². The molecule has 0 bridgehead atoms. The summed E-state index contributed by atoms with van der Waals surface area (Å²) in [5, 5.41) is 0. The molecule has 2 rings (SSSR count). The van der Waals surface area contributed by atoms with Crippen LogP contribution in [0.15, 0.2) is 24.3 Å². The fourth-order valence-electron chi connectivity index (χ4n) is 1.65. The predicted molar refractivity (Wildman–Crippen MR) is 43.4 cm³/mol. The van der Waals surface area contributed by atoms with Crippen molar-refractivity contribution in [2.75, 3.05) is 0 Å². The number of fused-ring (bicyclic) bond motifs is 1. The molecular weight excluding hydrogens is 139 g/mol. The molecule has 0 amide bonds. The molecule has 0 spiro atoms. The summed E-state index contributed by atoms with van der Waals surface area (Å²) in [5.41, 5.74) is 2.53. The van der Waals surface area contributed by atoms with Crippen LogP contribution in [0.1, 0.15) is 17.5 Å². The van der Waals surface area contributed by atoms with Gasteiger partial charge in [0.05, 0.1) is 0 Å². The number of benzene rings is 1. The molecule has 11 heavy (non-hydrogen) atoms. The van der Waals surface area contributed by atoms with E-state index in [9.17, 15) is 4.39 Å². The van der Waals surface area contributed by atoms with E-state index in [-0.39, 0.29) is 0 Å². The SMILES string of the molecule is F[C@@H]1CCc2ccccc2C1. The summed E-state index contributed by atoms with van der Waals surface area (Å²) in [6.45, 7) is 0. The number of hydrogen-bond donors (Lipinski definition) is 0. The van der Waals surface area contributed by atoms with Gasteiger partial charge in [-0.25, -0.2) is 4.39 Å². The standard InChI is InChI=1S/C10H11F/c11-10-6-5-8-3-1-2-4-9(8)7-10/h1-4,10H,5-7H2/t10-/m1/s1. The second-order valence-electron chi connectivity index (χ2n) is 3.11. The van der Waals surface area contributed by atoms with Crippen LogP contribution in [-0.4, -0.2) is 6.17 Å². The Kier molecular flexibility index (Phi) is 1.65. The van der Waals surface area contributed by atoms with Crippen LogP contribution in [0.25, 0.3) is 0 Å². The van der Waals surface area contributed by atoms with Crippen LogP contribution in [0.5, 0.6) is 0 Å². The first kappa shape index (κ1) is 6.84. The molecule has 0 saturated heterocycles. The second-order valence-corrected chi connectivity index (χ2v) is 3.11. The van der Waals surface area contributed by atoms with Gasteiger partial charge in [0.1, 0.15) is 6.17 Å². The molecule has 1 aromatic carbocycles. The van der Waals surface area contributed by atoms with Crippen molar-refractivity contribution in [3.63, 3.8) is 0 Å². The largest absolute Gasteiger partial charge is 0.247 e. The maximum atomic E-state index is 12.9. The lowest BCUT2D eigenvalue weighted by Crippen LogP contribution is -2.14. The third kappa shape index (κ3) is 1.28. The van der Waals surface area contributed by atoms with Gasteiger partial charge in [0.15, 0.2) is 0 Å². The van der Waals surface area contributed by atoms with Crippen LogP contribution < -0.4 is 0 Å². The van der Waals surface area contributed by atoms with Crippen molar-refractivity contribution >= 4 is 0 Å². The van der Waals surface area contributed by atoms with E-state index in [2.05, 4.69) is 6.07 Å². The smallest absolute Gasteiger partial charge is 0.104 e. The van der Waals surface area contributed by atoms with Crippen molar-refractivity contribution in [1.82, 2.24) is 0 Å². The van der Waals surface area contributed by atoms with Crippen molar-refractivity contribution in [3.05, 3.63) is 35.4 Å². The Morgan fingerprint density at radius 2 is 1.91 bits per heavy atom. The van der Waals surface area contributed by atoms with Gasteiger partial charge in [-0.1, -0.05) is 24.3 Å². The highest BCUT2D eigenvalue weighted by molar-refractivity contribution is 5.29. The molecule has 0 aliphatic heterocycles. The van der Waals surface area contributed by atoms with Gasteiger partial charge in [-0.15, -0.1) is 0 Å². The summed E-state index contributed by atoms with van der Waals surface area (Å²) >= 11 is 0. The molecule has 0 fully saturated rings. The molecule has 1 aromatic rings. The van der Waals surface area contributed by atoms with E-state index in [1.54, 1.807) is 0 Å². The number of halogens is 1. The highest BCUT2D eigenvalue weighted by atomic mass is 19.1. The lowest BCUT2D eigenvalue weighted by atomic mass is 9.91. The molecule has 0 unspecified atom stereocenters. The summed E-state index contributed by atoms with van der Waals surface area (Å²) < 4.78 is 12.9. The molecule has 58 valence electrons. The number of hydrogen-bond acceptors (Lipinski definition) is 0. The minimum atomic E-state index is -0.607. The minimum Gasteiger partial charge on any atom is -0.247 e. The van der Waals surface area contributed by atoms with Gasteiger partial charge < -0.3 is 0 Å². The molecule has 1 aliphatic carbocycles. The number of rotatable bonds is 0. The molecule has 0 N–H and O–H groups in total. The summed E-state index contributed by atoms with van der Waals surface area (Å²) in [5.74, 6) is 0. The zero-order valence-corrected chi connectivity index (χ0v) is 6.39. The molecular formula is C10H11F. The van der Waals surface area contributed by atoms with Crippen molar-refractivity contribution in [1.29, 1.82) is 0 Å². The highest BCUT2D eigenvalue weighted by Gasteiger charge is 2.16. The lowest BCUT2D eigenvalue weighted by Gasteiger charge is -2.18. The Balaban J connectivity index is 2.34. The van der Waals surface area contributed by atoms with Crippen LogP contribution in [0.2, 0.25) is 0 Å². The van der Waals surface area contributed by atoms with Crippen LogP contribution >= 0.6 is 0 Å². The molecule has 0 nitrogen and oxygen atoms in total. The van der Waals surface area contributed by atoms with E-state index in [0.29, 0.717) is 12.8 Å². The Hall–Kier alpha value is -0.850. The molecule has 1 heteroatoms. The normalized spacial score (nSPS) is 22.8. The molecule has 0 radical (unpaired) electrons. The first-order chi connectivity index (χ1) is 5.36. The van der Waals surface area contributed by atoms with Gasteiger partial charge >= 0.3 is 0 Å². The van der Waals surface area contributed by atoms with E-state index in [1.165, 1.54) is 11.1 Å². The second kappa shape index (κ2) is 2.65. The number of aryl methyl sites for hydroxylation is 1. The van der Waals surface area contributed by atoms with Gasteiger partial charge in [0, 0.05) is 6.42 Å². The van der Waals surface area contributed by atoms with Crippen LogP contribution in [0.4, 0.5) is 4.39 Å². The van der Waals surface area contributed by atoms with Crippen LogP contribution in [0.3, 0.4) is 0 Å². The highest BCUT2D eigenvalue weighted by Crippen LogP contribution is 2.22. The third-order valence-corrected chi connectivity index (χ3v) is 2.29. The van der Waals surface area contributed by atoms with Gasteiger partial charge in [0.2, 0.25) is 0 Å². The van der Waals surface area contributed by atoms with Crippen LogP contribution in [0, 0.1) is 0 Å². The van der Waals surface area contributed by atoms with E-state index < -0.39 is 6.17 Å². The molecule has 0 heterocycles. The third-order valence-electron chi connectivity index (χ3n) is 2.29. The average Bonchev–Trinajstić information content (AvgIpc) is 2.04. The van der Waals surface area contributed by atoms with Crippen molar-refractivity contribution < 1.29 is 4.39 Å². The molecule has 1 aliphatic rings. The van der Waals surface area contributed by atoms with Crippen molar-refractivity contribution in [2.45, 2.75) is 25.4 Å². The van der Waals surface area contributed by atoms with E-state index >= 15 is 0 Å². The first-order valence-corrected chi connectivity index (χ1v) is 4.07. The zero-order chi connectivity index (χ0) is 7.68. The van der Waals surface area contributed by atoms with Gasteiger partial charge in [-0.3, -0.25) is 0 Å². The fraction of sp³-hybridized carbons (Fsp3) is 0.400. The predicted octanol–water partition coefficient (Wildman–Crippen LogP) is 2.51.